The van der Waals surface area contributed by atoms with Gasteiger partial charge in [0.25, 0.3) is 0 Å². The highest BCUT2D eigenvalue weighted by Crippen LogP contribution is 2.09. The van der Waals surface area contributed by atoms with Crippen LogP contribution < -0.4 is 0 Å². The topological polar surface area (TPSA) is 26.3 Å². The highest BCUT2D eigenvalue weighted by atomic mass is 79.9. The summed E-state index contributed by atoms with van der Waals surface area (Å²) in [5, 5.41) is 0.750. The first kappa shape index (κ1) is 10.3. The number of carbonyl (C=O) groups is 1. The van der Waals surface area contributed by atoms with E-state index in [9.17, 15) is 4.79 Å². The lowest BCUT2D eigenvalue weighted by atomic mass is 10.1. The molecule has 2 nitrogen and oxygen atoms in total. The van der Waals surface area contributed by atoms with Crippen molar-refractivity contribution in [2.75, 3.05) is 6.61 Å². The van der Waals surface area contributed by atoms with Crippen molar-refractivity contribution in [2.45, 2.75) is 12.3 Å². The van der Waals surface area contributed by atoms with Crippen molar-refractivity contribution in [2.24, 2.45) is 0 Å². The molecule has 0 unspecified atom stereocenters. The Kier molecular flexibility index (Phi) is 3.96. The monoisotopic (exact) mass is 242 g/mol. The quantitative estimate of drug-likeness (QED) is 0.602. The molecule has 0 saturated carbocycles. The van der Waals surface area contributed by atoms with Crippen molar-refractivity contribution in [1.29, 1.82) is 0 Å². The smallest absolute Gasteiger partial charge is 0.338 e. The molecule has 0 bridgehead atoms. The molecule has 0 atom stereocenters. The minimum atomic E-state index is -0.259. The van der Waals surface area contributed by atoms with Gasteiger partial charge in [0.1, 0.15) is 0 Å². The van der Waals surface area contributed by atoms with E-state index in [1.54, 1.807) is 13.0 Å². The largest absolute Gasteiger partial charge is 0.462 e. The van der Waals surface area contributed by atoms with Crippen molar-refractivity contribution < 1.29 is 9.53 Å². The number of rotatable bonds is 3. The minimum absolute atomic E-state index is 0.259. The van der Waals surface area contributed by atoms with Gasteiger partial charge in [-0.3, -0.25) is 0 Å². The maximum atomic E-state index is 11.3. The van der Waals surface area contributed by atoms with Crippen LogP contribution in [0.25, 0.3) is 0 Å². The zero-order valence-corrected chi connectivity index (χ0v) is 9.00. The first-order valence-electron chi connectivity index (χ1n) is 4.10. The molecule has 13 heavy (non-hydrogen) atoms. The van der Waals surface area contributed by atoms with Crippen molar-refractivity contribution in [3.8, 4) is 0 Å². The highest BCUT2D eigenvalue weighted by Gasteiger charge is 2.05. The van der Waals surface area contributed by atoms with Gasteiger partial charge < -0.3 is 4.74 Å². The number of halogens is 1. The summed E-state index contributed by atoms with van der Waals surface area (Å²) in [5.74, 6) is -0.259. The molecule has 0 amide bonds. The van der Waals surface area contributed by atoms with Crippen LogP contribution in [0, 0.1) is 0 Å². The second-order valence-electron chi connectivity index (χ2n) is 2.55. The van der Waals surface area contributed by atoms with Crippen molar-refractivity contribution in [3.63, 3.8) is 0 Å². The summed E-state index contributed by atoms with van der Waals surface area (Å²) < 4.78 is 4.87. The average molecular weight is 243 g/mol. The van der Waals surface area contributed by atoms with Crippen LogP contribution in [0.1, 0.15) is 22.8 Å². The highest BCUT2D eigenvalue weighted by molar-refractivity contribution is 9.08. The standard InChI is InChI=1S/C10H11BrO2/c1-2-13-10(12)9-5-3-4-8(6-9)7-11/h3-6H,2,7H2,1H3. The van der Waals surface area contributed by atoms with Gasteiger partial charge in [0.15, 0.2) is 0 Å². The molecule has 0 spiro atoms. The second kappa shape index (κ2) is 5.02. The SMILES string of the molecule is CCOC(=O)c1cccc(CBr)c1. The second-order valence-corrected chi connectivity index (χ2v) is 3.12. The van der Waals surface area contributed by atoms with E-state index in [1.165, 1.54) is 0 Å². The third kappa shape index (κ3) is 2.84. The Morgan fingerprint density at radius 2 is 2.31 bits per heavy atom. The Labute approximate surface area is 86.0 Å². The van der Waals surface area contributed by atoms with Crippen LogP contribution in [-0.2, 0) is 10.1 Å². The lowest BCUT2D eigenvalue weighted by Gasteiger charge is -2.02. The van der Waals surface area contributed by atoms with Crippen LogP contribution in [0.3, 0.4) is 0 Å². The molecular formula is C10H11BrO2. The Hall–Kier alpha value is -0.830. The molecule has 3 heteroatoms. The molecule has 0 aliphatic heterocycles. The first-order chi connectivity index (χ1) is 6.27. The number of benzene rings is 1. The zero-order valence-electron chi connectivity index (χ0n) is 7.42. The molecule has 1 aromatic rings. The predicted molar refractivity (Wildman–Crippen MR) is 55.0 cm³/mol. The van der Waals surface area contributed by atoms with Gasteiger partial charge in [-0.05, 0) is 24.6 Å². The fraction of sp³-hybridized carbons (Fsp3) is 0.300. The lowest BCUT2D eigenvalue weighted by Crippen LogP contribution is -2.04. The average Bonchev–Trinajstić information content (AvgIpc) is 2.18. The van der Waals surface area contributed by atoms with Gasteiger partial charge in [0, 0.05) is 5.33 Å². The minimum Gasteiger partial charge on any atom is -0.462 e. The fourth-order valence-corrected chi connectivity index (χ4v) is 1.34. The molecule has 1 aromatic carbocycles. The normalized spacial score (nSPS) is 9.69. The summed E-state index contributed by atoms with van der Waals surface area (Å²) in [6, 6.07) is 7.39. The Morgan fingerprint density at radius 1 is 1.54 bits per heavy atom. The van der Waals surface area contributed by atoms with Crippen molar-refractivity contribution in [1.82, 2.24) is 0 Å². The number of ether oxygens (including phenoxy) is 1. The number of hydrogen-bond acceptors (Lipinski definition) is 2. The summed E-state index contributed by atoms with van der Waals surface area (Å²) in [6.07, 6.45) is 0. The van der Waals surface area contributed by atoms with Crippen LogP contribution in [-0.4, -0.2) is 12.6 Å². The number of alkyl halides is 1. The van der Waals surface area contributed by atoms with Gasteiger partial charge >= 0.3 is 5.97 Å². The van der Waals surface area contributed by atoms with E-state index in [-0.39, 0.29) is 5.97 Å². The molecule has 0 fully saturated rings. The molecule has 0 heterocycles. The van der Waals surface area contributed by atoms with Crippen molar-refractivity contribution >= 4 is 21.9 Å². The van der Waals surface area contributed by atoms with Crippen LogP contribution >= 0.6 is 15.9 Å². The molecular weight excluding hydrogens is 232 g/mol. The molecule has 0 saturated heterocycles. The Morgan fingerprint density at radius 3 is 2.92 bits per heavy atom. The summed E-state index contributed by atoms with van der Waals surface area (Å²) in [6.45, 7) is 2.21. The van der Waals surface area contributed by atoms with E-state index < -0.39 is 0 Å². The maximum Gasteiger partial charge on any atom is 0.338 e. The van der Waals surface area contributed by atoms with Gasteiger partial charge in [-0.25, -0.2) is 4.79 Å². The van der Waals surface area contributed by atoms with Crippen LogP contribution in [0.5, 0.6) is 0 Å². The summed E-state index contributed by atoms with van der Waals surface area (Å²) in [4.78, 5) is 11.3. The molecule has 0 aliphatic carbocycles. The van der Waals surface area contributed by atoms with E-state index in [0.717, 1.165) is 10.9 Å². The summed E-state index contributed by atoms with van der Waals surface area (Å²) >= 11 is 3.33. The van der Waals surface area contributed by atoms with Gasteiger partial charge in [0.05, 0.1) is 12.2 Å². The number of hydrogen-bond donors (Lipinski definition) is 0. The molecule has 0 radical (unpaired) electrons. The van der Waals surface area contributed by atoms with Crippen LogP contribution in [0.2, 0.25) is 0 Å². The Bertz CT molecular complexity index is 297. The van der Waals surface area contributed by atoms with Gasteiger partial charge in [0.2, 0.25) is 0 Å². The van der Waals surface area contributed by atoms with Gasteiger partial charge in [-0.2, -0.15) is 0 Å². The fourth-order valence-electron chi connectivity index (χ4n) is 0.996. The first-order valence-corrected chi connectivity index (χ1v) is 5.22. The predicted octanol–water partition coefficient (Wildman–Crippen LogP) is 2.76. The summed E-state index contributed by atoms with van der Waals surface area (Å²) in [5.41, 5.74) is 1.68. The number of esters is 1. The third-order valence-corrected chi connectivity index (χ3v) is 2.24. The maximum absolute atomic E-state index is 11.3. The van der Waals surface area contributed by atoms with E-state index in [4.69, 9.17) is 4.74 Å². The van der Waals surface area contributed by atoms with Crippen molar-refractivity contribution in [3.05, 3.63) is 35.4 Å². The van der Waals surface area contributed by atoms with E-state index in [0.29, 0.717) is 12.2 Å². The number of carbonyl (C=O) groups excluding carboxylic acids is 1. The van der Waals surface area contributed by atoms with Crippen LogP contribution in [0.15, 0.2) is 24.3 Å². The molecule has 0 aliphatic rings. The molecule has 0 N–H and O–H groups in total. The lowest BCUT2D eigenvalue weighted by molar-refractivity contribution is 0.0526. The third-order valence-electron chi connectivity index (χ3n) is 1.59. The van der Waals surface area contributed by atoms with E-state index >= 15 is 0 Å². The van der Waals surface area contributed by atoms with E-state index in [2.05, 4.69) is 15.9 Å². The zero-order chi connectivity index (χ0) is 9.68. The van der Waals surface area contributed by atoms with Crippen LogP contribution in [0.4, 0.5) is 0 Å². The Balaban J connectivity index is 2.82. The van der Waals surface area contributed by atoms with Gasteiger partial charge in [-0.15, -0.1) is 0 Å². The molecule has 1 rings (SSSR count). The summed E-state index contributed by atoms with van der Waals surface area (Å²) in [7, 11) is 0. The van der Waals surface area contributed by atoms with E-state index in [1.807, 2.05) is 18.2 Å². The van der Waals surface area contributed by atoms with Gasteiger partial charge in [-0.1, -0.05) is 28.1 Å². The molecule has 0 aromatic heterocycles. The molecule has 70 valence electrons.